The average Bonchev–Trinajstić information content (AvgIpc) is 2.37. The van der Waals surface area contributed by atoms with Crippen LogP contribution < -0.4 is 10.2 Å². The molecule has 3 heteroatoms. The molecule has 1 aliphatic rings. The van der Waals surface area contributed by atoms with Crippen molar-refractivity contribution in [2.45, 2.75) is 19.3 Å². The molecule has 17 heavy (non-hydrogen) atoms. The lowest BCUT2D eigenvalue weighted by atomic mass is 9.94. The van der Waals surface area contributed by atoms with E-state index in [2.05, 4.69) is 50.4 Å². The van der Waals surface area contributed by atoms with Crippen molar-refractivity contribution in [1.82, 2.24) is 5.32 Å². The Morgan fingerprint density at radius 2 is 2.12 bits per heavy atom. The van der Waals surface area contributed by atoms with Gasteiger partial charge in [0, 0.05) is 23.2 Å². The molecule has 0 aromatic heterocycles. The number of hydrogen-bond donors (Lipinski definition) is 1. The van der Waals surface area contributed by atoms with E-state index >= 15 is 0 Å². The van der Waals surface area contributed by atoms with E-state index in [0.29, 0.717) is 0 Å². The lowest BCUT2D eigenvalue weighted by molar-refractivity contribution is 0.387. The van der Waals surface area contributed by atoms with Crippen molar-refractivity contribution < 1.29 is 0 Å². The molecule has 1 atom stereocenters. The van der Waals surface area contributed by atoms with Crippen LogP contribution in [0.2, 0.25) is 0 Å². The van der Waals surface area contributed by atoms with Crippen molar-refractivity contribution in [3.05, 3.63) is 28.7 Å². The third-order valence-corrected chi connectivity index (χ3v) is 4.04. The smallest absolute Gasteiger partial charge is 0.0367 e. The van der Waals surface area contributed by atoms with Crippen LogP contribution in [0.5, 0.6) is 0 Å². The van der Waals surface area contributed by atoms with Gasteiger partial charge in [0.25, 0.3) is 0 Å². The Bertz CT molecular complexity index is 337. The minimum absolute atomic E-state index is 0.847. The van der Waals surface area contributed by atoms with Crippen LogP contribution in [0, 0.1) is 5.92 Å². The predicted molar refractivity (Wildman–Crippen MR) is 77.6 cm³/mol. The third-order valence-electron chi connectivity index (χ3n) is 3.51. The number of piperidine rings is 1. The Kier molecular flexibility index (Phi) is 4.86. The topological polar surface area (TPSA) is 15.3 Å². The van der Waals surface area contributed by atoms with E-state index in [1.807, 2.05) is 7.05 Å². The van der Waals surface area contributed by atoms with Gasteiger partial charge >= 0.3 is 0 Å². The largest absolute Gasteiger partial charge is 0.371 e. The van der Waals surface area contributed by atoms with E-state index in [1.54, 1.807) is 0 Å². The van der Waals surface area contributed by atoms with Gasteiger partial charge in [-0.3, -0.25) is 0 Å². The fraction of sp³-hybridized carbons (Fsp3) is 0.571. The molecular weight excluding hydrogens is 276 g/mol. The summed E-state index contributed by atoms with van der Waals surface area (Å²) in [4.78, 5) is 2.52. The number of nitrogens with one attached hydrogen (secondary N) is 1. The van der Waals surface area contributed by atoms with Crippen LogP contribution in [0.25, 0.3) is 0 Å². The molecule has 1 aliphatic heterocycles. The fourth-order valence-electron chi connectivity index (χ4n) is 2.54. The molecule has 1 N–H and O–H groups in total. The molecule has 0 aliphatic carbocycles. The number of hydrogen-bond acceptors (Lipinski definition) is 2. The SMILES string of the molecule is CNCCC1CCCN(c2ccc(Br)cc2)C1. The first kappa shape index (κ1) is 12.9. The molecule has 1 heterocycles. The lowest BCUT2D eigenvalue weighted by Crippen LogP contribution is -2.36. The molecule has 1 fully saturated rings. The second-order valence-corrected chi connectivity index (χ2v) is 5.74. The number of rotatable bonds is 4. The second kappa shape index (κ2) is 6.41. The van der Waals surface area contributed by atoms with Crippen LogP contribution in [-0.2, 0) is 0 Å². The molecule has 1 saturated heterocycles. The zero-order valence-corrected chi connectivity index (χ0v) is 12.0. The molecule has 2 rings (SSSR count). The highest BCUT2D eigenvalue weighted by molar-refractivity contribution is 9.10. The van der Waals surface area contributed by atoms with Gasteiger partial charge in [-0.1, -0.05) is 15.9 Å². The van der Waals surface area contributed by atoms with Gasteiger partial charge in [-0.2, -0.15) is 0 Å². The summed E-state index contributed by atoms with van der Waals surface area (Å²) in [6.07, 6.45) is 4.00. The summed E-state index contributed by atoms with van der Waals surface area (Å²) >= 11 is 3.49. The molecule has 0 bridgehead atoms. The zero-order valence-electron chi connectivity index (χ0n) is 10.5. The summed E-state index contributed by atoms with van der Waals surface area (Å²) in [6.45, 7) is 3.56. The molecular formula is C14H21BrN2. The summed E-state index contributed by atoms with van der Waals surface area (Å²) in [5, 5.41) is 3.25. The molecule has 1 aromatic rings. The van der Waals surface area contributed by atoms with Crippen molar-refractivity contribution in [2.75, 3.05) is 31.6 Å². The van der Waals surface area contributed by atoms with E-state index < -0.39 is 0 Å². The maximum atomic E-state index is 3.49. The van der Waals surface area contributed by atoms with Gasteiger partial charge in [-0.05, 0) is 63.0 Å². The quantitative estimate of drug-likeness (QED) is 0.917. The molecule has 1 unspecified atom stereocenters. The molecule has 94 valence electrons. The van der Waals surface area contributed by atoms with E-state index in [-0.39, 0.29) is 0 Å². The molecule has 2 nitrogen and oxygen atoms in total. The minimum atomic E-state index is 0.847. The van der Waals surface area contributed by atoms with E-state index in [0.717, 1.165) is 16.9 Å². The lowest BCUT2D eigenvalue weighted by Gasteiger charge is -2.34. The van der Waals surface area contributed by atoms with E-state index in [1.165, 1.54) is 38.0 Å². The van der Waals surface area contributed by atoms with Crippen molar-refractivity contribution in [2.24, 2.45) is 5.92 Å². The molecule has 0 saturated carbocycles. The highest BCUT2D eigenvalue weighted by Gasteiger charge is 2.19. The van der Waals surface area contributed by atoms with Crippen LogP contribution in [-0.4, -0.2) is 26.7 Å². The standard InChI is InChI=1S/C14H21BrN2/c1-16-9-8-12-3-2-10-17(11-12)14-6-4-13(15)5-7-14/h4-7,12,16H,2-3,8-11H2,1H3. The average molecular weight is 297 g/mol. The highest BCUT2D eigenvalue weighted by Crippen LogP contribution is 2.25. The van der Waals surface area contributed by atoms with E-state index in [9.17, 15) is 0 Å². The normalized spacial score (nSPS) is 20.6. The van der Waals surface area contributed by atoms with Gasteiger partial charge in [0.15, 0.2) is 0 Å². The van der Waals surface area contributed by atoms with Gasteiger partial charge in [-0.15, -0.1) is 0 Å². The molecule has 1 aromatic carbocycles. The van der Waals surface area contributed by atoms with Gasteiger partial charge < -0.3 is 10.2 Å². The summed E-state index contributed by atoms with van der Waals surface area (Å²) in [5.41, 5.74) is 1.36. The van der Waals surface area contributed by atoms with Crippen LogP contribution in [0.4, 0.5) is 5.69 Å². The molecule has 0 radical (unpaired) electrons. The molecule has 0 spiro atoms. The maximum absolute atomic E-state index is 3.49. The third kappa shape index (κ3) is 3.71. The second-order valence-electron chi connectivity index (χ2n) is 4.82. The number of anilines is 1. The number of benzene rings is 1. The Morgan fingerprint density at radius 1 is 1.35 bits per heavy atom. The van der Waals surface area contributed by atoms with Crippen LogP contribution in [0.15, 0.2) is 28.7 Å². The Hall–Kier alpha value is -0.540. The fourth-order valence-corrected chi connectivity index (χ4v) is 2.80. The minimum Gasteiger partial charge on any atom is -0.371 e. The Morgan fingerprint density at radius 3 is 2.82 bits per heavy atom. The summed E-state index contributed by atoms with van der Waals surface area (Å²) in [5.74, 6) is 0.847. The first-order chi connectivity index (χ1) is 8.29. The van der Waals surface area contributed by atoms with Crippen LogP contribution in [0.3, 0.4) is 0 Å². The summed E-state index contributed by atoms with van der Waals surface area (Å²) in [7, 11) is 2.04. The van der Waals surface area contributed by atoms with Crippen LogP contribution in [0.1, 0.15) is 19.3 Å². The highest BCUT2D eigenvalue weighted by atomic mass is 79.9. The van der Waals surface area contributed by atoms with Gasteiger partial charge in [0.2, 0.25) is 0 Å². The predicted octanol–water partition coefficient (Wildman–Crippen LogP) is 3.28. The van der Waals surface area contributed by atoms with Crippen molar-refractivity contribution in [1.29, 1.82) is 0 Å². The number of halogens is 1. The van der Waals surface area contributed by atoms with Gasteiger partial charge in [0.1, 0.15) is 0 Å². The van der Waals surface area contributed by atoms with Gasteiger partial charge in [-0.25, -0.2) is 0 Å². The summed E-state index contributed by atoms with van der Waals surface area (Å²) in [6, 6.07) is 8.69. The number of nitrogens with zero attached hydrogens (tertiary/aromatic N) is 1. The summed E-state index contributed by atoms with van der Waals surface area (Å²) < 4.78 is 1.16. The molecule has 0 amide bonds. The van der Waals surface area contributed by atoms with Crippen molar-refractivity contribution in [3.8, 4) is 0 Å². The van der Waals surface area contributed by atoms with Crippen molar-refractivity contribution >= 4 is 21.6 Å². The van der Waals surface area contributed by atoms with Crippen LogP contribution >= 0.6 is 15.9 Å². The van der Waals surface area contributed by atoms with E-state index in [4.69, 9.17) is 0 Å². The first-order valence-corrected chi connectivity index (χ1v) is 7.24. The maximum Gasteiger partial charge on any atom is 0.0367 e. The Labute approximate surface area is 113 Å². The zero-order chi connectivity index (χ0) is 12.1. The monoisotopic (exact) mass is 296 g/mol. The van der Waals surface area contributed by atoms with Gasteiger partial charge in [0.05, 0.1) is 0 Å². The first-order valence-electron chi connectivity index (χ1n) is 6.44. The van der Waals surface area contributed by atoms with Crippen molar-refractivity contribution in [3.63, 3.8) is 0 Å². The Balaban J connectivity index is 1.94.